The van der Waals surface area contributed by atoms with Crippen LogP contribution >= 0.6 is 0 Å². The Morgan fingerprint density at radius 3 is 2.61 bits per heavy atom. The van der Waals surface area contributed by atoms with Crippen molar-refractivity contribution in [2.24, 2.45) is 5.92 Å². The fraction of sp³-hybridized carbons (Fsp3) is 0.533. The van der Waals surface area contributed by atoms with E-state index >= 15 is 0 Å². The van der Waals surface area contributed by atoms with Crippen molar-refractivity contribution in [3.8, 4) is 0 Å². The first-order valence-corrected chi connectivity index (χ1v) is 6.74. The molecular formula is C15H21NO2. The molecule has 1 aliphatic carbocycles. The molecule has 1 saturated carbocycles. The Morgan fingerprint density at radius 1 is 1.28 bits per heavy atom. The lowest BCUT2D eigenvalue weighted by molar-refractivity contribution is -0.122. The second-order valence-corrected chi connectivity index (χ2v) is 4.97. The molecular weight excluding hydrogens is 226 g/mol. The largest absolute Gasteiger partial charge is 0.396 e. The molecule has 18 heavy (non-hydrogen) atoms. The second kappa shape index (κ2) is 6.55. The standard InChI is InChI=1S/C15H21NO2/c17-11-9-13(12-4-2-1-3-5-12)8-10-16-15(18)14-6-7-14/h1-5,13-14,17H,6-11H2,(H,16,18)/t13-/m1/s1. The van der Waals surface area contributed by atoms with Crippen molar-refractivity contribution < 1.29 is 9.90 Å². The maximum absolute atomic E-state index is 11.5. The van der Waals surface area contributed by atoms with E-state index in [1.54, 1.807) is 0 Å². The monoisotopic (exact) mass is 247 g/mol. The Kier molecular flexibility index (Phi) is 4.76. The van der Waals surface area contributed by atoms with Gasteiger partial charge < -0.3 is 10.4 Å². The third-order valence-corrected chi connectivity index (χ3v) is 3.49. The molecule has 0 heterocycles. The van der Waals surface area contributed by atoms with E-state index in [1.165, 1.54) is 5.56 Å². The first-order valence-electron chi connectivity index (χ1n) is 6.74. The molecule has 0 radical (unpaired) electrons. The van der Waals surface area contributed by atoms with Gasteiger partial charge in [-0.1, -0.05) is 30.3 Å². The van der Waals surface area contributed by atoms with Gasteiger partial charge in [0.15, 0.2) is 0 Å². The van der Waals surface area contributed by atoms with Crippen molar-refractivity contribution in [2.75, 3.05) is 13.2 Å². The Balaban J connectivity index is 1.80. The van der Waals surface area contributed by atoms with E-state index in [9.17, 15) is 4.79 Å². The van der Waals surface area contributed by atoms with Gasteiger partial charge in [0, 0.05) is 19.1 Å². The Morgan fingerprint density at radius 2 is 2.00 bits per heavy atom. The highest BCUT2D eigenvalue weighted by molar-refractivity contribution is 5.80. The lowest BCUT2D eigenvalue weighted by Crippen LogP contribution is -2.27. The molecule has 0 saturated heterocycles. The number of rotatable bonds is 7. The number of benzene rings is 1. The number of hydrogen-bond donors (Lipinski definition) is 2. The van der Waals surface area contributed by atoms with Gasteiger partial charge in [-0.2, -0.15) is 0 Å². The fourth-order valence-corrected chi connectivity index (χ4v) is 2.22. The normalized spacial score (nSPS) is 16.3. The zero-order valence-electron chi connectivity index (χ0n) is 10.6. The van der Waals surface area contributed by atoms with Crippen LogP contribution in [-0.2, 0) is 4.79 Å². The molecule has 1 aliphatic rings. The van der Waals surface area contributed by atoms with Crippen molar-refractivity contribution in [2.45, 2.75) is 31.6 Å². The maximum Gasteiger partial charge on any atom is 0.223 e. The summed E-state index contributed by atoms with van der Waals surface area (Å²) in [6.07, 6.45) is 3.74. The molecule has 1 aromatic carbocycles. The lowest BCUT2D eigenvalue weighted by Gasteiger charge is -2.16. The van der Waals surface area contributed by atoms with Crippen LogP contribution in [0.5, 0.6) is 0 Å². The van der Waals surface area contributed by atoms with Gasteiger partial charge in [0.1, 0.15) is 0 Å². The summed E-state index contributed by atoms with van der Waals surface area (Å²) < 4.78 is 0. The quantitative estimate of drug-likeness (QED) is 0.775. The van der Waals surface area contributed by atoms with Crippen LogP contribution in [0.25, 0.3) is 0 Å². The lowest BCUT2D eigenvalue weighted by atomic mass is 9.93. The average Bonchev–Trinajstić information content (AvgIpc) is 3.23. The van der Waals surface area contributed by atoms with Gasteiger partial charge in [0.25, 0.3) is 0 Å². The molecule has 0 aromatic heterocycles. The van der Waals surface area contributed by atoms with Crippen molar-refractivity contribution >= 4 is 5.91 Å². The van der Waals surface area contributed by atoms with Gasteiger partial charge in [0.2, 0.25) is 5.91 Å². The van der Waals surface area contributed by atoms with Crippen LogP contribution in [-0.4, -0.2) is 24.2 Å². The summed E-state index contributed by atoms with van der Waals surface area (Å²) in [4.78, 5) is 11.5. The van der Waals surface area contributed by atoms with Gasteiger partial charge in [-0.05, 0) is 37.2 Å². The van der Waals surface area contributed by atoms with Crippen LogP contribution in [0.3, 0.4) is 0 Å². The fourth-order valence-electron chi connectivity index (χ4n) is 2.22. The summed E-state index contributed by atoms with van der Waals surface area (Å²) in [6, 6.07) is 10.2. The number of carbonyl (C=O) groups is 1. The highest BCUT2D eigenvalue weighted by Gasteiger charge is 2.29. The summed E-state index contributed by atoms with van der Waals surface area (Å²) in [5, 5.41) is 12.1. The van der Waals surface area contributed by atoms with Gasteiger partial charge in [0.05, 0.1) is 0 Å². The Hall–Kier alpha value is -1.35. The smallest absolute Gasteiger partial charge is 0.223 e. The van der Waals surface area contributed by atoms with Crippen LogP contribution in [0.1, 0.15) is 37.2 Å². The molecule has 98 valence electrons. The molecule has 2 rings (SSSR count). The molecule has 0 aliphatic heterocycles. The summed E-state index contributed by atoms with van der Waals surface area (Å²) in [5.74, 6) is 0.805. The van der Waals surface area contributed by atoms with Crippen molar-refractivity contribution in [3.63, 3.8) is 0 Å². The summed E-state index contributed by atoms with van der Waals surface area (Å²) in [7, 11) is 0. The van der Waals surface area contributed by atoms with Gasteiger partial charge >= 0.3 is 0 Å². The highest BCUT2D eigenvalue weighted by atomic mass is 16.3. The molecule has 0 bridgehead atoms. The molecule has 3 heteroatoms. The molecule has 1 aromatic rings. The zero-order chi connectivity index (χ0) is 12.8. The van der Waals surface area contributed by atoms with Crippen LogP contribution in [0.2, 0.25) is 0 Å². The molecule has 1 amide bonds. The number of hydrogen-bond acceptors (Lipinski definition) is 2. The van der Waals surface area contributed by atoms with E-state index in [0.717, 1.165) is 25.7 Å². The Bertz CT molecular complexity index is 373. The first-order chi connectivity index (χ1) is 8.81. The van der Waals surface area contributed by atoms with E-state index < -0.39 is 0 Å². The van der Waals surface area contributed by atoms with Gasteiger partial charge in [-0.3, -0.25) is 4.79 Å². The van der Waals surface area contributed by atoms with Crippen molar-refractivity contribution in [1.29, 1.82) is 0 Å². The van der Waals surface area contributed by atoms with Crippen LogP contribution < -0.4 is 5.32 Å². The number of aliphatic hydroxyl groups excluding tert-OH is 1. The molecule has 2 N–H and O–H groups in total. The minimum atomic E-state index is 0.191. The van der Waals surface area contributed by atoms with Gasteiger partial charge in [-0.15, -0.1) is 0 Å². The van der Waals surface area contributed by atoms with Gasteiger partial charge in [-0.25, -0.2) is 0 Å². The molecule has 3 nitrogen and oxygen atoms in total. The van der Waals surface area contributed by atoms with E-state index in [-0.39, 0.29) is 18.4 Å². The number of aliphatic hydroxyl groups is 1. The highest BCUT2D eigenvalue weighted by Crippen LogP contribution is 2.29. The molecule has 0 unspecified atom stereocenters. The predicted octanol–water partition coefficient (Wildman–Crippen LogP) is 2.07. The minimum absolute atomic E-state index is 0.191. The molecule has 1 atom stereocenters. The number of nitrogens with one attached hydrogen (secondary N) is 1. The summed E-state index contributed by atoms with van der Waals surface area (Å²) in [5.41, 5.74) is 1.24. The topological polar surface area (TPSA) is 49.3 Å². The summed E-state index contributed by atoms with van der Waals surface area (Å²) >= 11 is 0. The summed E-state index contributed by atoms with van der Waals surface area (Å²) in [6.45, 7) is 0.894. The van der Waals surface area contributed by atoms with Crippen LogP contribution in [0, 0.1) is 5.92 Å². The first kappa shape index (κ1) is 13.1. The maximum atomic E-state index is 11.5. The third kappa shape index (κ3) is 3.84. The van der Waals surface area contributed by atoms with E-state index in [2.05, 4.69) is 17.4 Å². The van der Waals surface area contributed by atoms with Crippen molar-refractivity contribution in [3.05, 3.63) is 35.9 Å². The van der Waals surface area contributed by atoms with E-state index in [4.69, 9.17) is 5.11 Å². The average molecular weight is 247 g/mol. The predicted molar refractivity (Wildman–Crippen MR) is 71.2 cm³/mol. The molecule has 0 spiro atoms. The SMILES string of the molecule is O=C(NCC[C@H](CCO)c1ccccc1)C1CC1. The van der Waals surface area contributed by atoms with E-state index in [1.807, 2.05) is 18.2 Å². The zero-order valence-corrected chi connectivity index (χ0v) is 10.6. The minimum Gasteiger partial charge on any atom is -0.396 e. The second-order valence-electron chi connectivity index (χ2n) is 4.97. The number of amides is 1. The van der Waals surface area contributed by atoms with Crippen LogP contribution in [0.15, 0.2) is 30.3 Å². The number of carbonyl (C=O) groups excluding carboxylic acids is 1. The van der Waals surface area contributed by atoms with Crippen LogP contribution in [0.4, 0.5) is 0 Å². The Labute approximate surface area is 108 Å². The molecule has 1 fully saturated rings. The third-order valence-electron chi connectivity index (χ3n) is 3.49. The van der Waals surface area contributed by atoms with E-state index in [0.29, 0.717) is 12.5 Å². The van der Waals surface area contributed by atoms with Crippen molar-refractivity contribution in [1.82, 2.24) is 5.32 Å².